The van der Waals surface area contributed by atoms with E-state index < -0.39 is 48.2 Å². The number of benzene rings is 1. The molecule has 0 saturated heterocycles. The van der Waals surface area contributed by atoms with E-state index >= 15 is 0 Å². The topological polar surface area (TPSA) is 161 Å². The van der Waals surface area contributed by atoms with Crippen LogP contribution in [0.1, 0.15) is 92.6 Å². The number of ether oxygens (including phenoxy) is 5. The van der Waals surface area contributed by atoms with Gasteiger partial charge in [0.1, 0.15) is 12.1 Å². The minimum atomic E-state index is -1.39. The molecule has 11 heteroatoms. The molecule has 0 amide bonds. The van der Waals surface area contributed by atoms with Crippen LogP contribution in [-0.4, -0.2) is 54.7 Å². The van der Waals surface area contributed by atoms with Gasteiger partial charge in [0.05, 0.1) is 13.2 Å². The van der Waals surface area contributed by atoms with Gasteiger partial charge in [0, 0.05) is 18.3 Å². The third-order valence-corrected chi connectivity index (χ3v) is 6.79. The van der Waals surface area contributed by atoms with Crippen LogP contribution in [0.5, 0.6) is 11.5 Å². The minimum Gasteiger partial charge on any atom is -0.480 e. The van der Waals surface area contributed by atoms with Crippen molar-refractivity contribution in [2.24, 2.45) is 29.4 Å². The summed E-state index contributed by atoms with van der Waals surface area (Å²) >= 11 is 0. The Balaban J connectivity index is 3.33. The van der Waals surface area contributed by atoms with E-state index in [1.165, 1.54) is 18.2 Å². The molecule has 0 aliphatic carbocycles. The summed E-state index contributed by atoms with van der Waals surface area (Å²) < 4.78 is 26.6. The smallest absolute Gasteiger partial charge is 0.480 e. The second kappa shape index (κ2) is 18.3. The van der Waals surface area contributed by atoms with E-state index in [-0.39, 0.29) is 31.1 Å². The maximum atomic E-state index is 12.5. The fraction of sp³-hybridized carbons (Fsp3) is 0.677. The highest BCUT2D eigenvalue weighted by Gasteiger charge is 2.36. The Kier molecular flexibility index (Phi) is 15.9. The summed E-state index contributed by atoms with van der Waals surface area (Å²) in [5.41, 5.74) is 6.49. The van der Waals surface area contributed by atoms with Crippen molar-refractivity contribution in [3.05, 3.63) is 23.8 Å². The van der Waals surface area contributed by atoms with Crippen molar-refractivity contribution < 1.29 is 48.0 Å². The highest BCUT2D eigenvalue weighted by atomic mass is 16.7. The van der Waals surface area contributed by atoms with Gasteiger partial charge in [-0.3, -0.25) is 9.59 Å². The molecule has 11 nitrogen and oxygen atoms in total. The van der Waals surface area contributed by atoms with Gasteiger partial charge in [0.25, 0.3) is 0 Å². The predicted octanol–water partition coefficient (Wildman–Crippen LogP) is 6.31. The minimum absolute atomic E-state index is 0.118. The molecule has 0 saturated carbocycles. The number of nitrogens with two attached hydrogens (primary N) is 1. The van der Waals surface area contributed by atoms with E-state index in [4.69, 9.17) is 29.4 Å². The van der Waals surface area contributed by atoms with Crippen molar-refractivity contribution in [3.63, 3.8) is 0 Å². The van der Waals surface area contributed by atoms with Crippen LogP contribution in [0.2, 0.25) is 0 Å². The first-order valence-corrected chi connectivity index (χ1v) is 14.6. The average Bonchev–Trinajstić information content (AvgIpc) is 2.88. The molecule has 0 spiro atoms. The van der Waals surface area contributed by atoms with Crippen molar-refractivity contribution >= 4 is 24.2 Å². The Labute approximate surface area is 249 Å². The summed E-state index contributed by atoms with van der Waals surface area (Å²) in [5, 5.41) is 9.80. The number of esters is 1. The molecule has 0 heterocycles. The third-order valence-electron chi connectivity index (χ3n) is 6.79. The molecule has 3 N–H and O–H groups in total. The van der Waals surface area contributed by atoms with E-state index in [1.807, 2.05) is 41.5 Å². The first-order valence-electron chi connectivity index (χ1n) is 14.6. The van der Waals surface area contributed by atoms with Crippen LogP contribution in [0.25, 0.3) is 0 Å². The van der Waals surface area contributed by atoms with Crippen LogP contribution < -0.4 is 15.2 Å². The fourth-order valence-electron chi connectivity index (χ4n) is 3.95. The van der Waals surface area contributed by atoms with E-state index in [2.05, 4.69) is 0 Å². The van der Waals surface area contributed by atoms with Gasteiger partial charge < -0.3 is 34.5 Å². The number of hydrogen-bond donors (Lipinski definition) is 2. The van der Waals surface area contributed by atoms with Crippen LogP contribution in [-0.2, 0) is 23.8 Å². The van der Waals surface area contributed by atoms with Gasteiger partial charge >= 0.3 is 24.2 Å². The molecular weight excluding hydrogens is 546 g/mol. The zero-order valence-electron chi connectivity index (χ0n) is 26.2. The van der Waals surface area contributed by atoms with E-state index in [9.17, 15) is 24.3 Å². The number of rotatable bonds is 17. The van der Waals surface area contributed by atoms with Crippen molar-refractivity contribution in [3.8, 4) is 11.5 Å². The lowest BCUT2D eigenvalue weighted by Gasteiger charge is -2.32. The standard InChI is InChI=1S/C31H49NO10/c1-18(2)9-12-26(33)40-22(8)21(7)27(28(32)29(34)35)23-10-11-24(41-30(36)38-15-13-19(3)4)25(17-23)42-31(37)39-16-14-20(5)6/h10-11,17-22,27-28H,9,12-16,32H2,1-8H3,(H,34,35)/t21?,22?,27?,28-/m0/s1. The molecule has 1 aromatic rings. The second-order valence-electron chi connectivity index (χ2n) is 11.8. The molecular formula is C31H49NO10. The lowest BCUT2D eigenvalue weighted by atomic mass is 9.79. The Bertz CT molecular complexity index is 1020. The molecule has 42 heavy (non-hydrogen) atoms. The summed E-state index contributed by atoms with van der Waals surface area (Å²) in [6, 6.07) is 2.86. The summed E-state index contributed by atoms with van der Waals surface area (Å²) in [5.74, 6) is -2.47. The zero-order valence-corrected chi connectivity index (χ0v) is 26.2. The molecule has 0 aliphatic heterocycles. The van der Waals surface area contributed by atoms with Gasteiger partial charge in [-0.25, -0.2) is 9.59 Å². The lowest BCUT2D eigenvalue weighted by Crippen LogP contribution is -2.42. The van der Waals surface area contributed by atoms with Gasteiger partial charge in [-0.15, -0.1) is 0 Å². The first kappa shape index (κ1) is 36.7. The molecule has 0 aliphatic rings. The van der Waals surface area contributed by atoms with Gasteiger partial charge in [0.15, 0.2) is 11.5 Å². The maximum Gasteiger partial charge on any atom is 0.513 e. The number of hydrogen-bond acceptors (Lipinski definition) is 10. The summed E-state index contributed by atoms with van der Waals surface area (Å²) in [6.45, 7) is 15.6. The summed E-state index contributed by atoms with van der Waals surface area (Å²) in [6.07, 6.45) is -0.555. The van der Waals surface area contributed by atoms with Crippen molar-refractivity contribution in [2.45, 2.75) is 99.1 Å². The summed E-state index contributed by atoms with van der Waals surface area (Å²) in [7, 11) is 0. The monoisotopic (exact) mass is 595 g/mol. The highest BCUT2D eigenvalue weighted by Crippen LogP contribution is 2.37. The maximum absolute atomic E-state index is 12.5. The van der Waals surface area contributed by atoms with Crippen LogP contribution in [0.3, 0.4) is 0 Å². The highest BCUT2D eigenvalue weighted by molar-refractivity contribution is 5.75. The fourth-order valence-corrected chi connectivity index (χ4v) is 3.95. The molecule has 0 radical (unpaired) electrons. The van der Waals surface area contributed by atoms with Crippen molar-refractivity contribution in [1.29, 1.82) is 0 Å². The molecule has 1 rings (SSSR count). The van der Waals surface area contributed by atoms with Crippen molar-refractivity contribution in [1.82, 2.24) is 0 Å². The van der Waals surface area contributed by atoms with E-state index in [0.29, 0.717) is 42.6 Å². The predicted molar refractivity (Wildman–Crippen MR) is 156 cm³/mol. The van der Waals surface area contributed by atoms with Crippen molar-refractivity contribution in [2.75, 3.05) is 13.2 Å². The van der Waals surface area contributed by atoms with Gasteiger partial charge in [-0.2, -0.15) is 0 Å². The molecule has 0 aromatic heterocycles. The largest absolute Gasteiger partial charge is 0.513 e. The van der Waals surface area contributed by atoms with Gasteiger partial charge in [-0.05, 0) is 61.6 Å². The number of carboxylic acid groups (broad SMARTS) is 1. The average molecular weight is 596 g/mol. The Hall–Kier alpha value is -3.34. The van der Waals surface area contributed by atoms with Crippen LogP contribution in [0.15, 0.2) is 18.2 Å². The van der Waals surface area contributed by atoms with Crippen LogP contribution in [0.4, 0.5) is 9.59 Å². The molecule has 238 valence electrons. The third kappa shape index (κ3) is 13.5. The molecule has 1 aromatic carbocycles. The molecule has 4 atom stereocenters. The van der Waals surface area contributed by atoms with E-state index in [0.717, 1.165) is 0 Å². The number of carbonyl (C=O) groups excluding carboxylic acids is 3. The number of carboxylic acids is 1. The second-order valence-corrected chi connectivity index (χ2v) is 11.8. The zero-order chi connectivity index (χ0) is 32.0. The quantitative estimate of drug-likeness (QED) is 0.118. The Morgan fingerprint density at radius 2 is 1.26 bits per heavy atom. The first-order chi connectivity index (χ1) is 19.6. The van der Waals surface area contributed by atoms with Gasteiger partial charge in [0.2, 0.25) is 0 Å². The Morgan fingerprint density at radius 3 is 1.74 bits per heavy atom. The molecule has 0 fully saturated rings. The normalized spacial score (nSPS) is 14.2. The van der Waals surface area contributed by atoms with Crippen LogP contribution in [0, 0.1) is 23.7 Å². The Morgan fingerprint density at radius 1 is 0.762 bits per heavy atom. The molecule has 0 bridgehead atoms. The van der Waals surface area contributed by atoms with Crippen LogP contribution >= 0.6 is 0 Å². The summed E-state index contributed by atoms with van der Waals surface area (Å²) in [4.78, 5) is 49.2. The number of carbonyl (C=O) groups is 4. The molecule has 3 unspecified atom stereocenters. The number of aliphatic carboxylic acids is 1. The van der Waals surface area contributed by atoms with E-state index in [1.54, 1.807) is 13.8 Å². The van der Waals surface area contributed by atoms with Gasteiger partial charge in [-0.1, -0.05) is 54.5 Å². The SMILES string of the molecule is CC(C)CCOC(=O)Oc1ccc(C(C(C)C(C)OC(=O)CCC(C)C)[C@H](N)C(=O)O)cc1OC(=O)OCCC(C)C. The lowest BCUT2D eigenvalue weighted by molar-refractivity contribution is -0.151.